The van der Waals surface area contributed by atoms with Crippen LogP contribution in [0.5, 0.6) is 5.75 Å². The number of ether oxygens (including phenoxy) is 1. The maximum atomic E-state index is 13.4. The molecule has 2 heterocycles. The van der Waals surface area contributed by atoms with E-state index in [0.29, 0.717) is 45.0 Å². The smallest absolute Gasteiger partial charge is 0.255 e. The number of hydrogen-bond donors (Lipinski definition) is 2. The first-order valence-electron chi connectivity index (χ1n) is 8.97. The molecule has 8 nitrogen and oxygen atoms in total. The van der Waals surface area contributed by atoms with Gasteiger partial charge in [-0.15, -0.1) is 5.10 Å². The molecule has 2 aromatic carbocycles. The molecule has 29 heavy (non-hydrogen) atoms. The zero-order chi connectivity index (χ0) is 20.5. The highest BCUT2D eigenvalue weighted by molar-refractivity contribution is 6.12. The lowest BCUT2D eigenvalue weighted by Crippen LogP contribution is -2.18. The molecule has 1 amide bonds. The van der Waals surface area contributed by atoms with Crippen molar-refractivity contribution >= 4 is 16.9 Å². The summed E-state index contributed by atoms with van der Waals surface area (Å²) < 4.78 is 25.3. The number of H-pyrrole nitrogens is 1. The Kier molecular flexibility index (Phi) is 4.71. The molecule has 0 spiro atoms. The second-order valence-electron chi connectivity index (χ2n) is 6.65. The lowest BCUT2D eigenvalue weighted by molar-refractivity contribution is 0.0964. The van der Waals surface area contributed by atoms with Gasteiger partial charge in [0, 0.05) is 18.0 Å². The van der Waals surface area contributed by atoms with Crippen molar-refractivity contribution in [2.75, 3.05) is 7.05 Å². The number of furan rings is 1. The third kappa shape index (κ3) is 3.42. The van der Waals surface area contributed by atoms with Gasteiger partial charge >= 0.3 is 0 Å². The molecular formula is C20H18FN5O3. The quantitative estimate of drug-likeness (QED) is 0.535. The summed E-state index contributed by atoms with van der Waals surface area (Å²) in [7, 11) is 1.54. The van der Waals surface area contributed by atoms with E-state index >= 15 is 0 Å². The maximum absolute atomic E-state index is 13.4. The number of halogens is 1. The largest absolute Gasteiger partial charge is 0.490 e. The summed E-state index contributed by atoms with van der Waals surface area (Å²) in [4.78, 5) is 12.7. The fourth-order valence-corrected chi connectivity index (χ4v) is 3.09. The Labute approximate surface area is 165 Å². The van der Waals surface area contributed by atoms with E-state index in [2.05, 4.69) is 25.9 Å². The molecule has 0 atom stereocenters. The number of aromatic nitrogens is 4. The molecule has 0 unspecified atom stereocenters. The van der Waals surface area contributed by atoms with E-state index in [1.807, 2.05) is 13.8 Å². The Morgan fingerprint density at radius 2 is 2.00 bits per heavy atom. The summed E-state index contributed by atoms with van der Waals surface area (Å²) in [6, 6.07) is 9.20. The zero-order valence-corrected chi connectivity index (χ0v) is 16.0. The van der Waals surface area contributed by atoms with Crippen LogP contribution in [0.15, 0.2) is 40.8 Å². The van der Waals surface area contributed by atoms with Gasteiger partial charge in [0.05, 0.1) is 17.2 Å². The Balaban J connectivity index is 2.00. The van der Waals surface area contributed by atoms with Gasteiger partial charge < -0.3 is 14.5 Å². The molecule has 0 bridgehead atoms. The minimum atomic E-state index is -0.376. The van der Waals surface area contributed by atoms with Crippen LogP contribution in [0.4, 0.5) is 4.39 Å². The molecule has 0 saturated heterocycles. The number of rotatable bonds is 5. The van der Waals surface area contributed by atoms with Gasteiger partial charge in [-0.3, -0.25) is 4.79 Å². The number of fused-ring (bicyclic) bond motifs is 1. The number of amides is 1. The normalized spacial score (nSPS) is 11.2. The predicted molar refractivity (Wildman–Crippen MR) is 104 cm³/mol. The molecule has 9 heteroatoms. The molecular weight excluding hydrogens is 377 g/mol. The van der Waals surface area contributed by atoms with Crippen molar-refractivity contribution in [3.8, 4) is 28.5 Å². The first-order chi connectivity index (χ1) is 14.0. The van der Waals surface area contributed by atoms with Gasteiger partial charge in [-0.2, -0.15) is 0 Å². The van der Waals surface area contributed by atoms with Crippen molar-refractivity contribution in [3.63, 3.8) is 0 Å². The molecule has 0 saturated carbocycles. The van der Waals surface area contributed by atoms with Crippen molar-refractivity contribution in [1.29, 1.82) is 0 Å². The molecule has 0 radical (unpaired) electrons. The van der Waals surface area contributed by atoms with E-state index in [1.165, 1.54) is 19.2 Å². The Morgan fingerprint density at radius 3 is 2.62 bits per heavy atom. The molecule has 4 rings (SSSR count). The lowest BCUT2D eigenvalue weighted by Gasteiger charge is -2.13. The van der Waals surface area contributed by atoms with Crippen LogP contribution in [0.1, 0.15) is 24.2 Å². The predicted octanol–water partition coefficient (Wildman–Crippen LogP) is 3.57. The first kappa shape index (κ1) is 18.6. The van der Waals surface area contributed by atoms with Crippen LogP contribution in [0.25, 0.3) is 33.7 Å². The van der Waals surface area contributed by atoms with E-state index < -0.39 is 0 Å². The van der Waals surface area contributed by atoms with E-state index in [4.69, 9.17) is 9.15 Å². The van der Waals surface area contributed by atoms with Gasteiger partial charge in [-0.05, 0) is 60.7 Å². The lowest BCUT2D eigenvalue weighted by atomic mass is 10.0. The zero-order valence-electron chi connectivity index (χ0n) is 16.0. The SMILES string of the molecule is CNC(=O)c1c(-c2ccc(F)cc2)oc2cc(-c3nnn[nH]3)c(OC(C)C)cc12. The van der Waals surface area contributed by atoms with Crippen LogP contribution in [0.2, 0.25) is 0 Å². The highest BCUT2D eigenvalue weighted by Gasteiger charge is 2.24. The van der Waals surface area contributed by atoms with Crippen LogP contribution in [0, 0.1) is 5.82 Å². The van der Waals surface area contributed by atoms with Gasteiger partial charge in [0.15, 0.2) is 5.82 Å². The number of carbonyl (C=O) groups is 1. The fourth-order valence-electron chi connectivity index (χ4n) is 3.09. The molecule has 0 aliphatic heterocycles. The van der Waals surface area contributed by atoms with Crippen molar-refractivity contribution in [1.82, 2.24) is 25.9 Å². The number of hydrogen-bond acceptors (Lipinski definition) is 6. The van der Waals surface area contributed by atoms with Crippen molar-refractivity contribution in [2.24, 2.45) is 0 Å². The van der Waals surface area contributed by atoms with Gasteiger partial charge in [-0.1, -0.05) is 0 Å². The second kappa shape index (κ2) is 7.34. The molecule has 2 N–H and O–H groups in total. The number of aromatic amines is 1. The van der Waals surface area contributed by atoms with E-state index in [9.17, 15) is 9.18 Å². The summed E-state index contributed by atoms with van der Waals surface area (Å²) in [5.74, 6) is 0.542. The van der Waals surface area contributed by atoms with Gasteiger partial charge in [0.1, 0.15) is 22.9 Å². The highest BCUT2D eigenvalue weighted by atomic mass is 19.1. The summed E-state index contributed by atoms with van der Waals surface area (Å²) in [6.07, 6.45) is -0.117. The van der Waals surface area contributed by atoms with Gasteiger partial charge in [-0.25, -0.2) is 9.49 Å². The van der Waals surface area contributed by atoms with Gasteiger partial charge in [0.25, 0.3) is 5.91 Å². The minimum absolute atomic E-state index is 0.117. The molecule has 4 aromatic rings. The molecule has 0 aliphatic carbocycles. The highest BCUT2D eigenvalue weighted by Crippen LogP contribution is 2.40. The molecule has 0 fully saturated rings. The van der Waals surface area contributed by atoms with E-state index in [-0.39, 0.29) is 17.8 Å². The molecule has 0 aliphatic rings. The first-order valence-corrected chi connectivity index (χ1v) is 8.97. The summed E-state index contributed by atoms with van der Waals surface area (Å²) in [5, 5.41) is 17.1. The number of tetrazole rings is 1. The fraction of sp³-hybridized carbons (Fsp3) is 0.200. The average Bonchev–Trinajstić information content (AvgIpc) is 3.34. The number of benzene rings is 2. The maximum Gasteiger partial charge on any atom is 0.255 e. The van der Waals surface area contributed by atoms with Crippen LogP contribution in [-0.4, -0.2) is 39.7 Å². The Hall–Kier alpha value is -3.75. The van der Waals surface area contributed by atoms with Crippen molar-refractivity contribution < 1.29 is 18.3 Å². The van der Waals surface area contributed by atoms with Crippen LogP contribution < -0.4 is 10.1 Å². The monoisotopic (exact) mass is 395 g/mol. The van der Waals surface area contributed by atoms with Crippen molar-refractivity contribution in [3.05, 3.63) is 47.8 Å². The molecule has 148 valence electrons. The molecule has 2 aromatic heterocycles. The third-order valence-corrected chi connectivity index (χ3v) is 4.31. The minimum Gasteiger partial charge on any atom is -0.490 e. The number of nitrogens with zero attached hydrogens (tertiary/aromatic N) is 3. The van der Waals surface area contributed by atoms with Gasteiger partial charge in [0.2, 0.25) is 0 Å². The number of nitrogens with one attached hydrogen (secondary N) is 2. The van der Waals surface area contributed by atoms with Crippen LogP contribution in [0.3, 0.4) is 0 Å². The Morgan fingerprint density at radius 1 is 1.24 bits per heavy atom. The van der Waals surface area contributed by atoms with E-state index in [0.717, 1.165) is 0 Å². The second-order valence-corrected chi connectivity index (χ2v) is 6.65. The standard InChI is InChI=1S/C20H18FN5O3/c1-10(2)28-16-8-13-15(9-14(16)19-23-25-26-24-19)29-18(17(13)20(27)22-3)11-4-6-12(21)7-5-11/h4-10H,1-3H3,(H,22,27)(H,23,24,25,26). The number of carbonyl (C=O) groups excluding carboxylic acids is 1. The van der Waals surface area contributed by atoms with Crippen LogP contribution >= 0.6 is 0 Å². The van der Waals surface area contributed by atoms with E-state index in [1.54, 1.807) is 24.3 Å². The summed E-state index contributed by atoms with van der Waals surface area (Å²) in [6.45, 7) is 3.79. The third-order valence-electron chi connectivity index (χ3n) is 4.31. The van der Waals surface area contributed by atoms with Crippen molar-refractivity contribution in [2.45, 2.75) is 20.0 Å². The topological polar surface area (TPSA) is 106 Å². The van der Waals surface area contributed by atoms with Crippen LogP contribution in [-0.2, 0) is 0 Å². The summed E-state index contributed by atoms with van der Waals surface area (Å²) in [5.41, 5.74) is 1.96. The Bertz CT molecular complexity index is 1170. The summed E-state index contributed by atoms with van der Waals surface area (Å²) >= 11 is 0. The average molecular weight is 395 g/mol.